The summed E-state index contributed by atoms with van der Waals surface area (Å²) in [7, 11) is -3.55. The summed E-state index contributed by atoms with van der Waals surface area (Å²) in [5.74, 6) is 0.341. The summed E-state index contributed by atoms with van der Waals surface area (Å²) in [6, 6.07) is 10.9. The second-order valence-corrected chi connectivity index (χ2v) is 10.7. The van der Waals surface area contributed by atoms with Gasteiger partial charge in [0.25, 0.3) is 5.91 Å². The molecule has 2 aliphatic rings. The number of aryl methyl sites for hydroxylation is 2. The first-order chi connectivity index (χ1) is 14.4. The van der Waals surface area contributed by atoms with Crippen LogP contribution in [0, 0.1) is 19.8 Å². The lowest BCUT2D eigenvalue weighted by molar-refractivity contribution is 0.0385. The number of pyridine rings is 1. The maximum Gasteiger partial charge on any atom is 0.272 e. The van der Waals surface area contributed by atoms with E-state index >= 15 is 0 Å². The van der Waals surface area contributed by atoms with Crippen LogP contribution in [0.5, 0.6) is 0 Å². The number of carbonyl (C=O) groups excluding carboxylic acids is 1. The molecule has 0 bridgehead atoms. The summed E-state index contributed by atoms with van der Waals surface area (Å²) < 4.78 is 26.2. The predicted octanol–water partition coefficient (Wildman–Crippen LogP) is 4.47. The number of likely N-dealkylation sites (tertiary alicyclic amines) is 1. The van der Waals surface area contributed by atoms with Crippen LogP contribution in [0.15, 0.2) is 41.3 Å². The third-order valence-electron chi connectivity index (χ3n) is 6.59. The van der Waals surface area contributed by atoms with Crippen LogP contribution in [-0.4, -0.2) is 36.8 Å². The van der Waals surface area contributed by atoms with Gasteiger partial charge in [0, 0.05) is 12.6 Å². The van der Waals surface area contributed by atoms with Crippen molar-refractivity contribution in [1.82, 2.24) is 9.88 Å². The molecule has 0 N–H and O–H groups in total. The third kappa shape index (κ3) is 4.15. The number of carbonyl (C=O) groups is 1. The molecular formula is C24H30N2O3S. The quantitative estimate of drug-likeness (QED) is 0.724. The van der Waals surface area contributed by atoms with Gasteiger partial charge in [0.2, 0.25) is 0 Å². The molecule has 4 rings (SSSR count). The number of piperidine rings is 1. The number of hydrogen-bond donors (Lipinski definition) is 0. The van der Waals surface area contributed by atoms with E-state index in [9.17, 15) is 13.2 Å². The molecule has 160 valence electrons. The zero-order chi connectivity index (χ0) is 21.3. The zero-order valence-corrected chi connectivity index (χ0v) is 18.6. The van der Waals surface area contributed by atoms with Gasteiger partial charge >= 0.3 is 0 Å². The summed E-state index contributed by atoms with van der Waals surface area (Å²) in [4.78, 5) is 20.1. The van der Waals surface area contributed by atoms with Gasteiger partial charge in [-0.3, -0.25) is 4.79 Å². The highest BCUT2D eigenvalue weighted by Crippen LogP contribution is 2.35. The van der Waals surface area contributed by atoms with Crippen molar-refractivity contribution in [2.24, 2.45) is 5.92 Å². The summed E-state index contributed by atoms with van der Waals surface area (Å²) in [5.41, 5.74) is 2.24. The van der Waals surface area contributed by atoms with E-state index in [4.69, 9.17) is 0 Å². The van der Waals surface area contributed by atoms with Crippen LogP contribution < -0.4 is 0 Å². The minimum absolute atomic E-state index is 0.0575. The number of hydrogen-bond acceptors (Lipinski definition) is 4. The standard InChI is InChI=1S/C24H30N2O3S/c1-17-8-5-9-18(2)23(17)30(28,29)16-20-12-6-13-21(25-20)24(27)26-15-7-11-19-10-3-4-14-22(19)26/h5-6,8-9,12-13,19,22H,3-4,7,10-11,14-16H2,1-2H3. The largest absolute Gasteiger partial charge is 0.334 e. The van der Waals surface area contributed by atoms with Crippen LogP contribution in [-0.2, 0) is 15.6 Å². The Kier molecular flexibility index (Phi) is 5.96. The van der Waals surface area contributed by atoms with E-state index in [0.717, 1.165) is 30.5 Å². The molecule has 30 heavy (non-hydrogen) atoms. The van der Waals surface area contributed by atoms with E-state index in [0.29, 0.717) is 28.2 Å². The number of fused-ring (bicyclic) bond motifs is 1. The molecule has 1 aromatic heterocycles. The number of aromatic nitrogens is 1. The minimum atomic E-state index is -3.55. The highest BCUT2D eigenvalue weighted by atomic mass is 32.2. The van der Waals surface area contributed by atoms with Crippen molar-refractivity contribution in [3.63, 3.8) is 0 Å². The molecule has 0 spiro atoms. The summed E-state index contributed by atoms with van der Waals surface area (Å²) in [5, 5.41) is 0. The van der Waals surface area contributed by atoms with E-state index in [1.807, 2.05) is 36.9 Å². The normalized spacial score (nSPS) is 21.9. The van der Waals surface area contributed by atoms with Crippen molar-refractivity contribution in [3.8, 4) is 0 Å². The van der Waals surface area contributed by atoms with E-state index in [2.05, 4.69) is 4.98 Å². The Morgan fingerprint density at radius 1 is 1.00 bits per heavy atom. The molecule has 1 aliphatic carbocycles. The van der Waals surface area contributed by atoms with Gasteiger partial charge in [0.05, 0.1) is 16.3 Å². The number of rotatable bonds is 4. The lowest BCUT2D eigenvalue weighted by Gasteiger charge is -2.44. The number of benzene rings is 1. The average molecular weight is 427 g/mol. The predicted molar refractivity (Wildman–Crippen MR) is 117 cm³/mol. The second-order valence-electron chi connectivity index (χ2n) is 8.75. The SMILES string of the molecule is Cc1cccc(C)c1S(=O)(=O)Cc1cccc(C(=O)N2CCCC3CCCCC32)n1. The van der Waals surface area contributed by atoms with Crippen LogP contribution >= 0.6 is 0 Å². The third-order valence-corrected chi connectivity index (χ3v) is 8.53. The van der Waals surface area contributed by atoms with Gasteiger partial charge < -0.3 is 4.90 Å². The van der Waals surface area contributed by atoms with Gasteiger partial charge in [-0.15, -0.1) is 0 Å². The van der Waals surface area contributed by atoms with E-state index in [1.165, 1.54) is 25.7 Å². The van der Waals surface area contributed by atoms with Crippen molar-refractivity contribution in [2.45, 2.75) is 69.1 Å². The fourth-order valence-electron chi connectivity index (χ4n) is 5.26. The van der Waals surface area contributed by atoms with Crippen molar-refractivity contribution in [1.29, 1.82) is 0 Å². The van der Waals surface area contributed by atoms with Crippen LogP contribution in [0.1, 0.15) is 65.8 Å². The van der Waals surface area contributed by atoms with Gasteiger partial charge in [-0.05, 0) is 68.7 Å². The molecule has 2 aromatic rings. The highest BCUT2D eigenvalue weighted by Gasteiger charge is 2.36. The maximum absolute atomic E-state index is 13.3. The Morgan fingerprint density at radius 2 is 1.67 bits per heavy atom. The number of sulfone groups is 1. The summed E-state index contributed by atoms with van der Waals surface area (Å²) in [6.07, 6.45) is 6.94. The Bertz CT molecular complexity index is 1030. The van der Waals surface area contributed by atoms with Gasteiger partial charge in [-0.2, -0.15) is 0 Å². The summed E-state index contributed by atoms with van der Waals surface area (Å²) >= 11 is 0. The van der Waals surface area contributed by atoms with Crippen LogP contribution in [0.4, 0.5) is 0 Å². The molecule has 1 saturated carbocycles. The van der Waals surface area contributed by atoms with E-state index < -0.39 is 9.84 Å². The van der Waals surface area contributed by atoms with Crippen LogP contribution in [0.25, 0.3) is 0 Å². The molecule has 2 atom stereocenters. The molecule has 2 unspecified atom stereocenters. The molecule has 1 saturated heterocycles. The molecule has 1 amide bonds. The van der Waals surface area contributed by atoms with Gasteiger partial charge in [0.1, 0.15) is 5.69 Å². The average Bonchev–Trinajstić information content (AvgIpc) is 2.72. The minimum Gasteiger partial charge on any atom is -0.334 e. The Labute approximate surface area is 179 Å². The smallest absolute Gasteiger partial charge is 0.272 e. The lowest BCUT2D eigenvalue weighted by Crippen LogP contribution is -2.49. The van der Waals surface area contributed by atoms with Gasteiger partial charge in [-0.1, -0.05) is 37.1 Å². The topological polar surface area (TPSA) is 67.3 Å². The lowest BCUT2D eigenvalue weighted by atomic mass is 9.78. The molecule has 1 aliphatic heterocycles. The second kappa shape index (κ2) is 8.50. The molecule has 2 fully saturated rings. The molecule has 1 aromatic carbocycles. The van der Waals surface area contributed by atoms with Crippen molar-refractivity contribution in [2.75, 3.05) is 6.54 Å². The fraction of sp³-hybridized carbons (Fsp3) is 0.500. The molecule has 2 heterocycles. The zero-order valence-electron chi connectivity index (χ0n) is 17.8. The molecular weight excluding hydrogens is 396 g/mol. The van der Waals surface area contributed by atoms with Gasteiger partial charge in [0.15, 0.2) is 9.84 Å². The Balaban J connectivity index is 1.57. The van der Waals surface area contributed by atoms with Crippen LogP contribution in [0.3, 0.4) is 0 Å². The van der Waals surface area contributed by atoms with Crippen molar-refractivity contribution in [3.05, 3.63) is 58.9 Å². The summed E-state index contributed by atoms with van der Waals surface area (Å²) in [6.45, 7) is 4.39. The molecule has 5 nitrogen and oxygen atoms in total. The first-order valence-corrected chi connectivity index (χ1v) is 12.6. The first kappa shape index (κ1) is 21.0. The number of nitrogens with zero attached hydrogens (tertiary/aromatic N) is 2. The van der Waals surface area contributed by atoms with E-state index in [1.54, 1.807) is 18.2 Å². The van der Waals surface area contributed by atoms with Crippen molar-refractivity contribution >= 4 is 15.7 Å². The Morgan fingerprint density at radius 3 is 2.43 bits per heavy atom. The van der Waals surface area contributed by atoms with Crippen molar-refractivity contribution < 1.29 is 13.2 Å². The van der Waals surface area contributed by atoms with E-state index in [-0.39, 0.29) is 11.7 Å². The fourth-order valence-corrected chi connectivity index (χ4v) is 7.07. The first-order valence-electron chi connectivity index (χ1n) is 10.9. The molecule has 0 radical (unpaired) electrons. The Hall–Kier alpha value is -2.21. The van der Waals surface area contributed by atoms with Gasteiger partial charge in [-0.25, -0.2) is 13.4 Å². The highest BCUT2D eigenvalue weighted by molar-refractivity contribution is 7.90. The number of amides is 1. The monoisotopic (exact) mass is 426 g/mol. The maximum atomic E-state index is 13.3. The van der Waals surface area contributed by atoms with Crippen LogP contribution in [0.2, 0.25) is 0 Å². The molecule has 6 heteroatoms.